The number of nitrogens with one attached hydrogen (secondary N) is 1. The molecule has 0 saturated heterocycles. The van der Waals surface area contributed by atoms with E-state index in [1.807, 2.05) is 0 Å². The molecule has 2 aromatic carbocycles. The average Bonchev–Trinajstić information content (AvgIpc) is 2.49. The van der Waals surface area contributed by atoms with Crippen LogP contribution < -0.4 is 10.2 Å². The van der Waals surface area contributed by atoms with Crippen LogP contribution in [0.5, 0.6) is 5.75 Å². The lowest BCUT2D eigenvalue weighted by atomic mass is 10.2. The van der Waals surface area contributed by atoms with E-state index in [2.05, 4.69) is 10.5 Å². The molecule has 0 heterocycles. The largest absolute Gasteiger partial charge is 0.482 e. The van der Waals surface area contributed by atoms with Crippen LogP contribution in [0.4, 0.5) is 0 Å². The molecular formula is C15H10Cl4N2O2. The van der Waals surface area contributed by atoms with Crippen molar-refractivity contribution in [1.82, 2.24) is 5.43 Å². The molecule has 4 nitrogen and oxygen atoms in total. The molecule has 0 aliphatic rings. The number of rotatable bonds is 5. The standard InChI is InChI=1S/C15H10Cl4N2O2/c16-9-4-5-14(13(19)6-9)23-8-15(22)21-20-7-10-11(17)2-1-3-12(10)18/h1-7H,8H2,(H,21,22)/b20-7-. The molecule has 0 unspecified atom stereocenters. The van der Waals surface area contributed by atoms with Crippen molar-refractivity contribution in [2.75, 3.05) is 6.61 Å². The zero-order valence-corrected chi connectivity index (χ0v) is 14.5. The van der Waals surface area contributed by atoms with E-state index < -0.39 is 5.91 Å². The maximum absolute atomic E-state index is 11.7. The highest BCUT2D eigenvalue weighted by Crippen LogP contribution is 2.27. The van der Waals surface area contributed by atoms with Gasteiger partial charge < -0.3 is 4.74 Å². The third-order valence-electron chi connectivity index (χ3n) is 2.64. The van der Waals surface area contributed by atoms with E-state index in [1.165, 1.54) is 12.3 Å². The van der Waals surface area contributed by atoms with Crippen LogP contribution in [0.25, 0.3) is 0 Å². The Morgan fingerprint density at radius 1 is 1.09 bits per heavy atom. The number of nitrogens with zero attached hydrogens (tertiary/aromatic N) is 1. The van der Waals surface area contributed by atoms with Gasteiger partial charge in [-0.2, -0.15) is 5.10 Å². The van der Waals surface area contributed by atoms with Gasteiger partial charge in [-0.3, -0.25) is 4.79 Å². The molecule has 120 valence electrons. The molecule has 1 N–H and O–H groups in total. The third kappa shape index (κ3) is 5.29. The van der Waals surface area contributed by atoms with Crippen molar-refractivity contribution < 1.29 is 9.53 Å². The number of amides is 1. The van der Waals surface area contributed by atoms with Gasteiger partial charge in [-0.1, -0.05) is 52.5 Å². The Morgan fingerprint density at radius 3 is 2.43 bits per heavy atom. The Balaban J connectivity index is 1.89. The molecule has 0 aromatic heterocycles. The van der Waals surface area contributed by atoms with Crippen molar-refractivity contribution in [2.24, 2.45) is 5.10 Å². The zero-order valence-electron chi connectivity index (χ0n) is 11.5. The van der Waals surface area contributed by atoms with Gasteiger partial charge in [0.25, 0.3) is 5.91 Å². The molecule has 0 aliphatic carbocycles. The highest BCUT2D eigenvalue weighted by Gasteiger charge is 2.06. The molecule has 0 bridgehead atoms. The number of hydrogen-bond acceptors (Lipinski definition) is 3. The summed E-state index contributed by atoms with van der Waals surface area (Å²) in [5, 5.41) is 5.44. The summed E-state index contributed by atoms with van der Waals surface area (Å²) in [7, 11) is 0. The Bertz CT molecular complexity index is 730. The van der Waals surface area contributed by atoms with E-state index >= 15 is 0 Å². The Kier molecular flexibility index (Phi) is 6.54. The second-order valence-electron chi connectivity index (χ2n) is 4.29. The van der Waals surface area contributed by atoms with E-state index in [9.17, 15) is 4.79 Å². The van der Waals surface area contributed by atoms with Gasteiger partial charge in [0.15, 0.2) is 6.61 Å². The fourth-order valence-corrected chi connectivity index (χ4v) is 2.53. The lowest BCUT2D eigenvalue weighted by Gasteiger charge is -2.07. The third-order valence-corrected chi connectivity index (χ3v) is 3.82. The van der Waals surface area contributed by atoms with Crippen LogP contribution in [-0.4, -0.2) is 18.7 Å². The molecule has 2 rings (SSSR count). The zero-order chi connectivity index (χ0) is 16.8. The molecule has 2 aromatic rings. The predicted octanol–water partition coefficient (Wildman–Crippen LogP) is 4.83. The van der Waals surface area contributed by atoms with Crippen LogP contribution >= 0.6 is 46.4 Å². The average molecular weight is 392 g/mol. The second kappa shape index (κ2) is 8.41. The van der Waals surface area contributed by atoms with E-state index in [-0.39, 0.29) is 6.61 Å². The number of hydrazone groups is 1. The van der Waals surface area contributed by atoms with E-state index in [0.717, 1.165) is 0 Å². The van der Waals surface area contributed by atoms with Crippen molar-refractivity contribution in [1.29, 1.82) is 0 Å². The van der Waals surface area contributed by atoms with Crippen LogP contribution in [0.15, 0.2) is 41.5 Å². The number of carbonyl (C=O) groups excluding carboxylic acids is 1. The Morgan fingerprint density at radius 2 is 1.78 bits per heavy atom. The molecule has 8 heteroatoms. The minimum absolute atomic E-state index is 0.255. The van der Waals surface area contributed by atoms with Crippen molar-refractivity contribution in [3.05, 3.63) is 62.1 Å². The second-order valence-corrected chi connectivity index (χ2v) is 5.95. The molecule has 0 radical (unpaired) electrons. The number of ether oxygens (including phenoxy) is 1. The first-order chi connectivity index (χ1) is 11.0. The predicted molar refractivity (Wildman–Crippen MR) is 94.2 cm³/mol. The number of halogens is 4. The van der Waals surface area contributed by atoms with Crippen molar-refractivity contribution in [2.45, 2.75) is 0 Å². The van der Waals surface area contributed by atoms with Crippen LogP contribution in [-0.2, 0) is 4.79 Å². The Labute approximate surface area is 152 Å². The fraction of sp³-hybridized carbons (Fsp3) is 0.0667. The van der Waals surface area contributed by atoms with Gasteiger partial charge in [0.05, 0.1) is 21.3 Å². The first-order valence-electron chi connectivity index (χ1n) is 6.31. The topological polar surface area (TPSA) is 50.7 Å². The quantitative estimate of drug-likeness (QED) is 0.586. The minimum Gasteiger partial charge on any atom is -0.482 e. The summed E-state index contributed by atoms with van der Waals surface area (Å²) in [5.74, 6) is -0.111. The van der Waals surface area contributed by atoms with Crippen LogP contribution in [0, 0.1) is 0 Å². The van der Waals surface area contributed by atoms with Crippen LogP contribution in [0.2, 0.25) is 20.1 Å². The number of hydrogen-bond donors (Lipinski definition) is 1. The van der Waals surface area contributed by atoms with Gasteiger partial charge in [0.2, 0.25) is 0 Å². The lowest BCUT2D eigenvalue weighted by Crippen LogP contribution is -2.24. The summed E-state index contributed by atoms with van der Waals surface area (Å²) in [4.78, 5) is 11.7. The molecule has 0 saturated carbocycles. The first-order valence-corrected chi connectivity index (χ1v) is 7.82. The normalized spacial score (nSPS) is 10.8. The summed E-state index contributed by atoms with van der Waals surface area (Å²) in [5.41, 5.74) is 2.82. The summed E-state index contributed by atoms with van der Waals surface area (Å²) in [6.07, 6.45) is 1.36. The van der Waals surface area contributed by atoms with Gasteiger partial charge in [0.1, 0.15) is 5.75 Å². The lowest BCUT2D eigenvalue weighted by molar-refractivity contribution is -0.123. The molecule has 0 fully saturated rings. The molecular weight excluding hydrogens is 382 g/mol. The van der Waals surface area contributed by atoms with Crippen molar-refractivity contribution >= 4 is 58.5 Å². The number of benzene rings is 2. The van der Waals surface area contributed by atoms with Gasteiger partial charge in [-0.05, 0) is 30.3 Å². The van der Waals surface area contributed by atoms with E-state index in [4.69, 9.17) is 51.1 Å². The first kappa shape index (κ1) is 17.9. The van der Waals surface area contributed by atoms with Gasteiger partial charge in [-0.25, -0.2) is 5.43 Å². The van der Waals surface area contributed by atoms with Gasteiger partial charge >= 0.3 is 0 Å². The Hall–Kier alpha value is -1.46. The molecule has 0 aliphatic heterocycles. The van der Waals surface area contributed by atoms with E-state index in [0.29, 0.717) is 31.4 Å². The van der Waals surface area contributed by atoms with Gasteiger partial charge in [0, 0.05) is 10.6 Å². The summed E-state index contributed by atoms with van der Waals surface area (Å²) >= 11 is 23.7. The van der Waals surface area contributed by atoms with Crippen LogP contribution in [0.3, 0.4) is 0 Å². The minimum atomic E-state index is -0.463. The SMILES string of the molecule is O=C(COc1ccc(Cl)cc1Cl)N/N=C\c1c(Cl)cccc1Cl. The fourth-order valence-electron chi connectivity index (χ4n) is 1.57. The molecule has 0 spiro atoms. The molecule has 1 amide bonds. The molecule has 0 atom stereocenters. The summed E-state index contributed by atoms with van der Waals surface area (Å²) in [6.45, 7) is -0.255. The van der Waals surface area contributed by atoms with Gasteiger partial charge in [-0.15, -0.1) is 0 Å². The summed E-state index contributed by atoms with van der Waals surface area (Å²) < 4.78 is 5.28. The number of carbonyl (C=O) groups is 1. The molecule has 23 heavy (non-hydrogen) atoms. The maximum Gasteiger partial charge on any atom is 0.277 e. The maximum atomic E-state index is 11.7. The monoisotopic (exact) mass is 390 g/mol. The highest BCUT2D eigenvalue weighted by atomic mass is 35.5. The smallest absolute Gasteiger partial charge is 0.277 e. The van der Waals surface area contributed by atoms with Crippen molar-refractivity contribution in [3.8, 4) is 5.75 Å². The van der Waals surface area contributed by atoms with Crippen molar-refractivity contribution in [3.63, 3.8) is 0 Å². The van der Waals surface area contributed by atoms with Crippen LogP contribution in [0.1, 0.15) is 5.56 Å². The summed E-state index contributed by atoms with van der Waals surface area (Å²) in [6, 6.07) is 9.76. The highest BCUT2D eigenvalue weighted by molar-refractivity contribution is 6.38. The van der Waals surface area contributed by atoms with E-state index in [1.54, 1.807) is 30.3 Å².